The van der Waals surface area contributed by atoms with E-state index >= 15 is 0 Å². The lowest BCUT2D eigenvalue weighted by molar-refractivity contribution is 0.594. The SMILES string of the molecule is NCc1ccc(S(=O)(=O)c2nc(C3(c4ccc(Cl)cc4)CC3)ns2)cc1. The number of aromatic nitrogens is 2. The monoisotopic (exact) mass is 405 g/mol. The molecule has 5 nitrogen and oxygen atoms in total. The predicted molar refractivity (Wildman–Crippen MR) is 101 cm³/mol. The molecule has 2 aromatic carbocycles. The van der Waals surface area contributed by atoms with Gasteiger partial charge < -0.3 is 5.73 Å². The number of halogens is 1. The predicted octanol–water partition coefficient (Wildman–Crippen LogP) is 3.56. The minimum Gasteiger partial charge on any atom is -0.326 e. The summed E-state index contributed by atoms with van der Waals surface area (Å²) in [6, 6.07) is 14.1. The molecule has 4 rings (SSSR count). The molecule has 0 spiro atoms. The molecule has 0 amide bonds. The van der Waals surface area contributed by atoms with Crippen LogP contribution in [0.3, 0.4) is 0 Å². The Morgan fingerprint density at radius 3 is 2.31 bits per heavy atom. The van der Waals surface area contributed by atoms with Gasteiger partial charge in [-0.2, -0.15) is 4.37 Å². The molecule has 1 aromatic heterocycles. The van der Waals surface area contributed by atoms with Crippen LogP contribution in [0.5, 0.6) is 0 Å². The molecule has 1 heterocycles. The summed E-state index contributed by atoms with van der Waals surface area (Å²) in [4.78, 5) is 4.60. The zero-order valence-electron chi connectivity index (χ0n) is 13.7. The fourth-order valence-electron chi connectivity index (χ4n) is 2.95. The maximum Gasteiger partial charge on any atom is 0.235 e. The summed E-state index contributed by atoms with van der Waals surface area (Å²) in [6.07, 6.45) is 1.80. The Morgan fingerprint density at radius 2 is 1.73 bits per heavy atom. The van der Waals surface area contributed by atoms with Gasteiger partial charge in [0, 0.05) is 11.6 Å². The third-order valence-electron chi connectivity index (χ3n) is 4.68. The molecular formula is C18H16ClN3O2S2. The Bertz CT molecular complexity index is 1040. The van der Waals surface area contributed by atoms with Gasteiger partial charge in [0.05, 0.1) is 10.3 Å². The Morgan fingerprint density at radius 1 is 1.08 bits per heavy atom. The molecule has 134 valence electrons. The van der Waals surface area contributed by atoms with Crippen molar-refractivity contribution < 1.29 is 8.42 Å². The van der Waals surface area contributed by atoms with Gasteiger partial charge in [-0.25, -0.2) is 13.4 Å². The van der Waals surface area contributed by atoms with Crippen molar-refractivity contribution in [3.8, 4) is 0 Å². The quantitative estimate of drug-likeness (QED) is 0.701. The zero-order chi connectivity index (χ0) is 18.4. The third-order valence-corrected chi connectivity index (χ3v) is 7.77. The van der Waals surface area contributed by atoms with Crippen LogP contribution in [0.2, 0.25) is 5.02 Å². The fourth-order valence-corrected chi connectivity index (χ4v) is 5.28. The summed E-state index contributed by atoms with van der Waals surface area (Å²) >= 11 is 6.89. The molecule has 2 N–H and O–H groups in total. The Labute approximate surface area is 160 Å². The Kier molecular flexibility index (Phi) is 4.35. The molecule has 0 saturated heterocycles. The second-order valence-electron chi connectivity index (χ2n) is 6.32. The van der Waals surface area contributed by atoms with Crippen LogP contribution in [0.15, 0.2) is 57.8 Å². The zero-order valence-corrected chi connectivity index (χ0v) is 16.1. The standard InChI is InChI=1S/C18H16ClN3O2S2/c19-14-5-3-13(4-6-14)18(9-10-18)16-21-17(25-22-16)26(23,24)15-7-1-12(11-20)2-8-15/h1-8H,9-11,20H2. The van der Waals surface area contributed by atoms with Gasteiger partial charge in [-0.15, -0.1) is 0 Å². The number of hydrogen-bond acceptors (Lipinski definition) is 6. The molecular weight excluding hydrogens is 390 g/mol. The van der Waals surface area contributed by atoms with Crippen molar-refractivity contribution in [2.24, 2.45) is 5.73 Å². The highest BCUT2D eigenvalue weighted by Gasteiger charge is 2.49. The molecule has 1 fully saturated rings. The van der Waals surface area contributed by atoms with E-state index in [4.69, 9.17) is 17.3 Å². The first-order valence-corrected chi connectivity index (χ1v) is 10.7. The van der Waals surface area contributed by atoms with Crippen LogP contribution in [0, 0.1) is 0 Å². The summed E-state index contributed by atoms with van der Waals surface area (Å²) in [5, 5.41) is 0.667. The van der Waals surface area contributed by atoms with E-state index in [1.165, 1.54) is 0 Å². The third kappa shape index (κ3) is 2.95. The molecule has 1 aliphatic rings. The van der Waals surface area contributed by atoms with E-state index in [0.29, 0.717) is 17.4 Å². The molecule has 0 bridgehead atoms. The van der Waals surface area contributed by atoms with Gasteiger partial charge in [0.1, 0.15) is 0 Å². The minimum absolute atomic E-state index is 0.0215. The topological polar surface area (TPSA) is 85.9 Å². The van der Waals surface area contributed by atoms with Crippen molar-refractivity contribution >= 4 is 33.0 Å². The minimum atomic E-state index is -3.68. The lowest BCUT2D eigenvalue weighted by Gasteiger charge is -2.11. The molecule has 1 aliphatic carbocycles. The first kappa shape index (κ1) is 17.6. The molecule has 0 radical (unpaired) electrons. The first-order chi connectivity index (χ1) is 12.5. The van der Waals surface area contributed by atoms with E-state index in [2.05, 4.69) is 9.36 Å². The summed E-state index contributed by atoms with van der Waals surface area (Å²) < 4.78 is 30.1. The molecule has 1 saturated carbocycles. The number of nitrogens with zero attached hydrogens (tertiary/aromatic N) is 2. The van der Waals surface area contributed by atoms with Crippen molar-refractivity contribution in [3.05, 3.63) is 70.5 Å². The van der Waals surface area contributed by atoms with Crippen LogP contribution in [-0.4, -0.2) is 17.8 Å². The van der Waals surface area contributed by atoms with Crippen LogP contribution in [0.4, 0.5) is 0 Å². The lowest BCUT2D eigenvalue weighted by atomic mass is 9.95. The number of nitrogens with two attached hydrogens (primary N) is 1. The van der Waals surface area contributed by atoms with E-state index < -0.39 is 9.84 Å². The fraction of sp³-hybridized carbons (Fsp3) is 0.222. The van der Waals surface area contributed by atoms with Gasteiger partial charge >= 0.3 is 0 Å². The van der Waals surface area contributed by atoms with Crippen molar-refractivity contribution in [1.29, 1.82) is 0 Å². The van der Waals surface area contributed by atoms with Gasteiger partial charge in [0.25, 0.3) is 0 Å². The highest BCUT2D eigenvalue weighted by Crippen LogP contribution is 2.52. The average Bonchev–Trinajstić information content (AvgIpc) is 3.30. The summed E-state index contributed by atoms with van der Waals surface area (Å²) in [5.74, 6) is 0.571. The maximum absolute atomic E-state index is 12.8. The van der Waals surface area contributed by atoms with Gasteiger partial charge in [0.2, 0.25) is 14.2 Å². The molecule has 8 heteroatoms. The average molecular weight is 406 g/mol. The largest absolute Gasteiger partial charge is 0.326 e. The van der Waals surface area contributed by atoms with Crippen molar-refractivity contribution in [1.82, 2.24) is 9.36 Å². The van der Waals surface area contributed by atoms with E-state index in [9.17, 15) is 8.42 Å². The van der Waals surface area contributed by atoms with Crippen molar-refractivity contribution in [3.63, 3.8) is 0 Å². The van der Waals surface area contributed by atoms with Crippen LogP contribution in [0.1, 0.15) is 29.8 Å². The van der Waals surface area contributed by atoms with Gasteiger partial charge in [-0.3, -0.25) is 0 Å². The molecule has 0 unspecified atom stereocenters. The smallest absolute Gasteiger partial charge is 0.235 e. The molecule has 0 atom stereocenters. The van der Waals surface area contributed by atoms with Crippen molar-refractivity contribution in [2.45, 2.75) is 34.0 Å². The Balaban J connectivity index is 1.68. The van der Waals surface area contributed by atoms with Crippen LogP contribution in [-0.2, 0) is 21.8 Å². The highest BCUT2D eigenvalue weighted by molar-refractivity contribution is 7.93. The van der Waals surface area contributed by atoms with Gasteiger partial charge in [-0.05, 0) is 59.8 Å². The highest BCUT2D eigenvalue weighted by atomic mass is 35.5. The van der Waals surface area contributed by atoms with Crippen LogP contribution in [0.25, 0.3) is 0 Å². The number of hydrogen-bond donors (Lipinski definition) is 1. The number of sulfone groups is 1. The molecule has 0 aliphatic heterocycles. The Hall–Kier alpha value is -1.80. The molecule has 3 aromatic rings. The van der Waals surface area contributed by atoms with E-state index in [1.807, 2.05) is 24.3 Å². The summed E-state index contributed by atoms with van der Waals surface area (Å²) in [7, 11) is -3.68. The normalized spacial score (nSPS) is 15.8. The second kappa shape index (κ2) is 6.42. The second-order valence-corrected chi connectivity index (χ2v) is 9.64. The lowest BCUT2D eigenvalue weighted by Crippen LogP contribution is -2.11. The maximum atomic E-state index is 12.8. The number of rotatable bonds is 5. The number of benzene rings is 2. The summed E-state index contributed by atoms with van der Waals surface area (Å²) in [6.45, 7) is 0.368. The summed E-state index contributed by atoms with van der Waals surface area (Å²) in [5.41, 5.74) is 7.21. The molecule has 26 heavy (non-hydrogen) atoms. The van der Waals surface area contributed by atoms with Crippen LogP contribution >= 0.6 is 23.1 Å². The van der Waals surface area contributed by atoms with E-state index in [0.717, 1.165) is 35.5 Å². The van der Waals surface area contributed by atoms with Crippen LogP contribution < -0.4 is 5.73 Å². The van der Waals surface area contributed by atoms with Gasteiger partial charge in [-0.1, -0.05) is 35.9 Å². The first-order valence-electron chi connectivity index (χ1n) is 8.10. The van der Waals surface area contributed by atoms with E-state index in [1.54, 1.807) is 24.3 Å². The van der Waals surface area contributed by atoms with Crippen molar-refractivity contribution in [2.75, 3.05) is 0 Å². The van der Waals surface area contributed by atoms with E-state index in [-0.39, 0.29) is 14.7 Å². The van der Waals surface area contributed by atoms with Gasteiger partial charge in [0.15, 0.2) is 5.82 Å².